The number of fused-ring (bicyclic) bond motifs is 1. The Morgan fingerprint density at radius 2 is 1.89 bits per heavy atom. The number of allylic oxidation sites excluding steroid dienone is 1. The van der Waals surface area contributed by atoms with Crippen molar-refractivity contribution in [1.82, 2.24) is 9.38 Å². The molecule has 0 radical (unpaired) electrons. The number of aryl methyl sites for hydroxylation is 1. The number of hydrogen-bond acceptors (Lipinski definition) is 3. The van der Waals surface area contributed by atoms with Crippen molar-refractivity contribution in [1.29, 1.82) is 0 Å². The number of thiazole rings is 1. The molecule has 0 aliphatic carbocycles. The Bertz CT molecular complexity index is 1140. The van der Waals surface area contributed by atoms with Crippen LogP contribution in [0.2, 0.25) is 0 Å². The van der Waals surface area contributed by atoms with E-state index in [-0.39, 0.29) is 5.78 Å². The van der Waals surface area contributed by atoms with E-state index in [1.54, 1.807) is 17.4 Å². The Morgan fingerprint density at radius 1 is 1.14 bits per heavy atom. The van der Waals surface area contributed by atoms with Crippen molar-refractivity contribution < 1.29 is 4.79 Å². The first-order chi connectivity index (χ1) is 13.7. The fourth-order valence-corrected chi connectivity index (χ4v) is 4.14. The van der Waals surface area contributed by atoms with E-state index in [1.165, 1.54) is 5.56 Å². The average molecular weight is 451 g/mol. The van der Waals surface area contributed by atoms with E-state index in [0.29, 0.717) is 5.56 Å². The fraction of sp³-hybridized carbons (Fsp3) is 0.130. The lowest BCUT2D eigenvalue weighted by atomic mass is 10.0. The lowest BCUT2D eigenvalue weighted by Gasteiger charge is -2.02. The molecular weight excluding hydrogens is 432 g/mol. The molecule has 0 bridgehead atoms. The highest BCUT2D eigenvalue weighted by molar-refractivity contribution is 9.10. The maximum absolute atomic E-state index is 12.7. The highest BCUT2D eigenvalue weighted by Crippen LogP contribution is 2.28. The second-order valence-electron chi connectivity index (χ2n) is 6.55. The minimum Gasteiger partial charge on any atom is -0.290 e. The molecule has 0 aliphatic rings. The number of ketones is 1. The molecule has 3 nitrogen and oxygen atoms in total. The minimum atomic E-state index is -0.00464. The van der Waals surface area contributed by atoms with Crippen molar-refractivity contribution in [3.63, 3.8) is 0 Å². The van der Waals surface area contributed by atoms with E-state index in [9.17, 15) is 4.79 Å². The summed E-state index contributed by atoms with van der Waals surface area (Å²) in [7, 11) is 0. The van der Waals surface area contributed by atoms with Gasteiger partial charge in [0, 0.05) is 27.2 Å². The molecule has 2 heterocycles. The van der Waals surface area contributed by atoms with Gasteiger partial charge < -0.3 is 0 Å². The second-order valence-corrected chi connectivity index (χ2v) is 8.34. The summed E-state index contributed by atoms with van der Waals surface area (Å²) in [5, 5.41) is 2.00. The fourth-order valence-electron chi connectivity index (χ4n) is 3.16. The molecule has 0 saturated heterocycles. The Kier molecular flexibility index (Phi) is 5.55. The minimum absolute atomic E-state index is 0.00464. The van der Waals surface area contributed by atoms with Gasteiger partial charge in [0.25, 0.3) is 0 Å². The first-order valence-electron chi connectivity index (χ1n) is 9.18. The van der Waals surface area contributed by atoms with Crippen molar-refractivity contribution in [3.8, 4) is 11.3 Å². The average Bonchev–Trinajstić information content (AvgIpc) is 3.29. The molecule has 0 spiro atoms. The van der Waals surface area contributed by atoms with Gasteiger partial charge in [0.15, 0.2) is 10.7 Å². The number of aromatic nitrogens is 2. The van der Waals surface area contributed by atoms with Crippen LogP contribution in [0, 0.1) is 0 Å². The third-order valence-electron chi connectivity index (χ3n) is 4.59. The second kappa shape index (κ2) is 8.25. The van der Waals surface area contributed by atoms with Gasteiger partial charge in [-0.05, 0) is 36.3 Å². The SMILES string of the molecule is CCCc1ccc(C(=O)/C=C/c2c(-c3ccc(Br)cc3)nc3sccn23)cc1. The molecule has 140 valence electrons. The molecule has 0 fully saturated rings. The predicted octanol–water partition coefficient (Wildman–Crippen LogP) is 6.67. The molecule has 4 rings (SSSR count). The van der Waals surface area contributed by atoms with Crippen LogP contribution in [-0.4, -0.2) is 15.2 Å². The maximum atomic E-state index is 12.7. The molecule has 2 aromatic heterocycles. The zero-order valence-electron chi connectivity index (χ0n) is 15.4. The lowest BCUT2D eigenvalue weighted by molar-refractivity contribution is 0.104. The zero-order chi connectivity index (χ0) is 19.5. The van der Waals surface area contributed by atoms with Gasteiger partial charge in [0.05, 0.1) is 11.4 Å². The molecule has 0 amide bonds. The van der Waals surface area contributed by atoms with Crippen molar-refractivity contribution in [2.75, 3.05) is 0 Å². The Labute approximate surface area is 176 Å². The largest absolute Gasteiger partial charge is 0.290 e. The molecule has 5 heteroatoms. The third-order valence-corrected chi connectivity index (χ3v) is 5.87. The first kappa shape index (κ1) is 18.8. The van der Waals surface area contributed by atoms with E-state index in [1.807, 2.05) is 70.6 Å². The van der Waals surface area contributed by atoms with Gasteiger partial charge in [-0.3, -0.25) is 9.20 Å². The van der Waals surface area contributed by atoms with Crippen LogP contribution in [0.1, 0.15) is 35.0 Å². The van der Waals surface area contributed by atoms with Crippen LogP contribution in [0.25, 0.3) is 22.3 Å². The molecule has 0 aliphatic heterocycles. The summed E-state index contributed by atoms with van der Waals surface area (Å²) >= 11 is 5.05. The number of rotatable bonds is 6. The summed E-state index contributed by atoms with van der Waals surface area (Å²) < 4.78 is 3.05. The molecule has 2 aromatic carbocycles. The van der Waals surface area contributed by atoms with Crippen LogP contribution >= 0.6 is 27.3 Å². The Morgan fingerprint density at radius 3 is 2.61 bits per heavy atom. The van der Waals surface area contributed by atoms with E-state index in [4.69, 9.17) is 4.98 Å². The number of carbonyl (C=O) groups excluding carboxylic acids is 1. The summed E-state index contributed by atoms with van der Waals surface area (Å²) in [6.07, 6.45) is 7.63. The van der Waals surface area contributed by atoms with Gasteiger partial charge >= 0.3 is 0 Å². The number of hydrogen-bond donors (Lipinski definition) is 0. The van der Waals surface area contributed by atoms with Crippen molar-refractivity contribution >= 4 is 44.1 Å². The zero-order valence-corrected chi connectivity index (χ0v) is 17.8. The topological polar surface area (TPSA) is 34.4 Å². The molecule has 0 N–H and O–H groups in total. The van der Waals surface area contributed by atoms with E-state index in [2.05, 4.69) is 22.9 Å². The van der Waals surface area contributed by atoms with Gasteiger partial charge in [-0.1, -0.05) is 65.7 Å². The van der Waals surface area contributed by atoms with Crippen molar-refractivity contribution in [2.24, 2.45) is 0 Å². The Hall–Kier alpha value is -2.50. The summed E-state index contributed by atoms with van der Waals surface area (Å²) in [6, 6.07) is 15.9. The van der Waals surface area contributed by atoms with Crippen LogP contribution in [0.3, 0.4) is 0 Å². The normalized spacial score (nSPS) is 11.5. The summed E-state index contributed by atoms with van der Waals surface area (Å²) in [5.41, 5.74) is 4.77. The smallest absolute Gasteiger partial charge is 0.194 e. The number of imidazole rings is 1. The Balaban J connectivity index is 1.66. The molecule has 0 atom stereocenters. The summed E-state index contributed by atoms with van der Waals surface area (Å²) in [4.78, 5) is 18.3. The highest BCUT2D eigenvalue weighted by Gasteiger charge is 2.13. The van der Waals surface area contributed by atoms with Gasteiger partial charge in [-0.2, -0.15) is 0 Å². The van der Waals surface area contributed by atoms with E-state index >= 15 is 0 Å². The van der Waals surface area contributed by atoms with Crippen LogP contribution in [0.15, 0.2) is 70.7 Å². The highest BCUT2D eigenvalue weighted by atomic mass is 79.9. The first-order valence-corrected chi connectivity index (χ1v) is 10.9. The quantitative estimate of drug-likeness (QED) is 0.242. The predicted molar refractivity (Wildman–Crippen MR) is 120 cm³/mol. The van der Waals surface area contributed by atoms with Gasteiger partial charge in [0.2, 0.25) is 0 Å². The van der Waals surface area contributed by atoms with Gasteiger partial charge in [-0.25, -0.2) is 4.98 Å². The maximum Gasteiger partial charge on any atom is 0.194 e. The van der Waals surface area contributed by atoms with Crippen LogP contribution in [0.4, 0.5) is 0 Å². The third kappa shape index (κ3) is 3.86. The van der Waals surface area contributed by atoms with E-state index in [0.717, 1.165) is 39.2 Å². The lowest BCUT2D eigenvalue weighted by Crippen LogP contribution is -1.95. The molecule has 28 heavy (non-hydrogen) atoms. The van der Waals surface area contributed by atoms with Crippen molar-refractivity contribution in [2.45, 2.75) is 19.8 Å². The molecule has 0 saturated carbocycles. The number of benzene rings is 2. The monoisotopic (exact) mass is 450 g/mol. The van der Waals surface area contributed by atoms with Gasteiger partial charge in [-0.15, -0.1) is 11.3 Å². The van der Waals surface area contributed by atoms with Crippen LogP contribution in [-0.2, 0) is 6.42 Å². The van der Waals surface area contributed by atoms with Crippen molar-refractivity contribution in [3.05, 3.63) is 87.5 Å². The molecule has 0 unspecified atom stereocenters. The van der Waals surface area contributed by atoms with E-state index < -0.39 is 0 Å². The standard InChI is InChI=1S/C23H19BrN2OS/c1-2-3-16-4-6-17(7-5-16)21(27)13-12-20-22(18-8-10-19(24)11-9-18)25-23-26(20)14-15-28-23/h4-15H,2-3H2,1H3/b13-12+. The summed E-state index contributed by atoms with van der Waals surface area (Å²) in [5.74, 6) is -0.00464. The van der Waals surface area contributed by atoms with Gasteiger partial charge in [0.1, 0.15) is 0 Å². The molecule has 4 aromatic rings. The summed E-state index contributed by atoms with van der Waals surface area (Å²) in [6.45, 7) is 2.15. The number of carbonyl (C=O) groups is 1. The van der Waals surface area contributed by atoms with Crippen LogP contribution in [0.5, 0.6) is 0 Å². The number of nitrogens with zero attached hydrogens (tertiary/aromatic N) is 2. The number of halogens is 1. The van der Waals surface area contributed by atoms with Crippen LogP contribution < -0.4 is 0 Å². The molecular formula is C23H19BrN2OS.